The summed E-state index contributed by atoms with van der Waals surface area (Å²) < 4.78 is 0. The van der Waals surface area contributed by atoms with E-state index in [9.17, 15) is 4.79 Å². The predicted octanol–water partition coefficient (Wildman–Crippen LogP) is 1.43. The number of aliphatic hydroxyl groups is 1. The second-order valence-electron chi connectivity index (χ2n) is 2.85. The molecule has 0 aromatic carbocycles. The molecule has 0 saturated heterocycles. The predicted molar refractivity (Wildman–Crippen MR) is 49.5 cm³/mol. The lowest BCUT2D eigenvalue weighted by Gasteiger charge is -1.98. The standard InChI is InChI=1S/C10H13NO2/c12-7-2-1-5-10(13)9-4-3-6-11-8-9/h3-4,6,8,12H,1-2,5,7H2. The second-order valence-corrected chi connectivity index (χ2v) is 2.85. The topological polar surface area (TPSA) is 50.2 Å². The van der Waals surface area contributed by atoms with Crippen molar-refractivity contribution in [1.82, 2.24) is 4.98 Å². The number of carbonyl (C=O) groups excluding carboxylic acids is 1. The molecular weight excluding hydrogens is 166 g/mol. The SMILES string of the molecule is O=C(CCCCO)c1cccnc1. The summed E-state index contributed by atoms with van der Waals surface area (Å²) in [7, 11) is 0. The maximum atomic E-state index is 11.4. The Morgan fingerprint density at radius 2 is 2.31 bits per heavy atom. The minimum atomic E-state index is 0.0987. The number of Topliss-reactive ketones (excluding diaryl/α,β-unsaturated/α-hetero) is 1. The van der Waals surface area contributed by atoms with Gasteiger partial charge in [0.05, 0.1) is 0 Å². The van der Waals surface area contributed by atoms with Crippen molar-refractivity contribution in [2.75, 3.05) is 6.61 Å². The van der Waals surface area contributed by atoms with Crippen molar-refractivity contribution in [3.63, 3.8) is 0 Å². The van der Waals surface area contributed by atoms with Crippen LogP contribution in [0.2, 0.25) is 0 Å². The van der Waals surface area contributed by atoms with E-state index in [1.54, 1.807) is 24.5 Å². The van der Waals surface area contributed by atoms with Crippen LogP contribution in [0.5, 0.6) is 0 Å². The van der Waals surface area contributed by atoms with Crippen molar-refractivity contribution in [3.8, 4) is 0 Å². The lowest BCUT2D eigenvalue weighted by Crippen LogP contribution is -1.99. The third-order valence-corrected chi connectivity index (χ3v) is 1.80. The van der Waals surface area contributed by atoms with Gasteiger partial charge in [-0.25, -0.2) is 0 Å². The summed E-state index contributed by atoms with van der Waals surface area (Å²) in [6.45, 7) is 0.153. The van der Waals surface area contributed by atoms with E-state index in [1.807, 2.05) is 0 Å². The third kappa shape index (κ3) is 3.34. The van der Waals surface area contributed by atoms with E-state index >= 15 is 0 Å². The first-order chi connectivity index (χ1) is 6.34. The minimum Gasteiger partial charge on any atom is -0.396 e. The number of ketones is 1. The molecule has 3 heteroatoms. The van der Waals surface area contributed by atoms with Gasteiger partial charge in [-0.05, 0) is 25.0 Å². The average Bonchev–Trinajstić information content (AvgIpc) is 2.19. The van der Waals surface area contributed by atoms with Gasteiger partial charge in [-0.15, -0.1) is 0 Å². The molecule has 1 rings (SSSR count). The highest BCUT2D eigenvalue weighted by Crippen LogP contribution is 2.04. The molecule has 0 fully saturated rings. The quantitative estimate of drug-likeness (QED) is 0.549. The van der Waals surface area contributed by atoms with Crippen LogP contribution in [-0.4, -0.2) is 22.5 Å². The molecule has 0 spiro atoms. The fraction of sp³-hybridized carbons (Fsp3) is 0.400. The molecule has 0 radical (unpaired) electrons. The molecule has 0 atom stereocenters. The largest absolute Gasteiger partial charge is 0.396 e. The molecule has 0 amide bonds. The van der Waals surface area contributed by atoms with E-state index in [1.165, 1.54) is 0 Å². The number of hydrogen-bond donors (Lipinski definition) is 1. The van der Waals surface area contributed by atoms with Gasteiger partial charge >= 0.3 is 0 Å². The van der Waals surface area contributed by atoms with Crippen molar-refractivity contribution >= 4 is 5.78 Å². The van der Waals surface area contributed by atoms with Crippen LogP contribution in [0.3, 0.4) is 0 Å². The number of nitrogens with zero attached hydrogens (tertiary/aromatic N) is 1. The Kier molecular flexibility index (Phi) is 4.12. The highest BCUT2D eigenvalue weighted by molar-refractivity contribution is 5.95. The molecular formula is C10H13NO2. The summed E-state index contributed by atoms with van der Waals surface area (Å²) in [4.78, 5) is 15.3. The normalized spacial score (nSPS) is 9.92. The van der Waals surface area contributed by atoms with Gasteiger partial charge < -0.3 is 5.11 Å². The number of aliphatic hydroxyl groups excluding tert-OH is 1. The molecule has 1 N–H and O–H groups in total. The van der Waals surface area contributed by atoms with Crippen LogP contribution >= 0.6 is 0 Å². The Bertz CT molecular complexity index is 259. The first-order valence-corrected chi connectivity index (χ1v) is 4.38. The number of pyridine rings is 1. The summed E-state index contributed by atoms with van der Waals surface area (Å²) in [5.41, 5.74) is 0.653. The van der Waals surface area contributed by atoms with Crippen LogP contribution in [0.15, 0.2) is 24.5 Å². The molecule has 1 aromatic heterocycles. The Labute approximate surface area is 77.4 Å². The average molecular weight is 179 g/mol. The zero-order valence-corrected chi connectivity index (χ0v) is 7.44. The third-order valence-electron chi connectivity index (χ3n) is 1.80. The lowest BCUT2D eigenvalue weighted by molar-refractivity contribution is 0.0977. The van der Waals surface area contributed by atoms with Crippen LogP contribution in [-0.2, 0) is 0 Å². The number of hydrogen-bond acceptors (Lipinski definition) is 3. The van der Waals surface area contributed by atoms with Crippen molar-refractivity contribution in [2.45, 2.75) is 19.3 Å². The van der Waals surface area contributed by atoms with Gasteiger partial charge in [-0.1, -0.05) is 0 Å². The van der Waals surface area contributed by atoms with Crippen LogP contribution in [0.1, 0.15) is 29.6 Å². The smallest absolute Gasteiger partial charge is 0.164 e. The van der Waals surface area contributed by atoms with Gasteiger partial charge in [0.15, 0.2) is 5.78 Å². The molecule has 1 aromatic rings. The molecule has 70 valence electrons. The highest BCUT2D eigenvalue weighted by Gasteiger charge is 2.03. The maximum Gasteiger partial charge on any atom is 0.164 e. The summed E-state index contributed by atoms with van der Waals surface area (Å²) in [5, 5.41) is 8.53. The summed E-state index contributed by atoms with van der Waals surface area (Å²) >= 11 is 0. The van der Waals surface area contributed by atoms with E-state index in [4.69, 9.17) is 5.11 Å². The van der Waals surface area contributed by atoms with Crippen molar-refractivity contribution in [2.24, 2.45) is 0 Å². The van der Waals surface area contributed by atoms with Crippen molar-refractivity contribution in [1.29, 1.82) is 0 Å². The second kappa shape index (κ2) is 5.43. The molecule has 0 unspecified atom stereocenters. The van der Waals surface area contributed by atoms with Gasteiger partial charge in [0.1, 0.15) is 0 Å². The minimum absolute atomic E-state index is 0.0987. The molecule has 13 heavy (non-hydrogen) atoms. The molecule has 0 saturated carbocycles. The molecule has 0 aliphatic rings. The van der Waals surface area contributed by atoms with Crippen LogP contribution in [0.4, 0.5) is 0 Å². The number of aromatic nitrogens is 1. The van der Waals surface area contributed by atoms with Gasteiger partial charge in [-0.3, -0.25) is 9.78 Å². The van der Waals surface area contributed by atoms with E-state index < -0.39 is 0 Å². The van der Waals surface area contributed by atoms with Crippen LogP contribution < -0.4 is 0 Å². The van der Waals surface area contributed by atoms with E-state index in [-0.39, 0.29) is 12.4 Å². The number of rotatable bonds is 5. The van der Waals surface area contributed by atoms with Crippen molar-refractivity contribution in [3.05, 3.63) is 30.1 Å². The number of unbranched alkanes of at least 4 members (excludes halogenated alkanes) is 1. The van der Waals surface area contributed by atoms with Crippen molar-refractivity contribution < 1.29 is 9.90 Å². The monoisotopic (exact) mass is 179 g/mol. The fourth-order valence-electron chi connectivity index (χ4n) is 1.07. The molecule has 3 nitrogen and oxygen atoms in total. The fourth-order valence-corrected chi connectivity index (χ4v) is 1.07. The van der Waals surface area contributed by atoms with Gasteiger partial charge in [0, 0.05) is 31.0 Å². The molecule has 1 heterocycles. The Balaban J connectivity index is 2.40. The van der Waals surface area contributed by atoms with Gasteiger partial charge in [0.25, 0.3) is 0 Å². The molecule has 0 aliphatic carbocycles. The van der Waals surface area contributed by atoms with E-state index in [0.717, 1.165) is 6.42 Å². The van der Waals surface area contributed by atoms with Gasteiger partial charge in [-0.2, -0.15) is 0 Å². The molecule has 0 aliphatic heterocycles. The Morgan fingerprint density at radius 3 is 2.92 bits per heavy atom. The van der Waals surface area contributed by atoms with E-state index in [0.29, 0.717) is 18.4 Å². The molecule has 0 bridgehead atoms. The summed E-state index contributed by atoms with van der Waals surface area (Å²) in [6, 6.07) is 3.51. The van der Waals surface area contributed by atoms with Gasteiger partial charge in [0.2, 0.25) is 0 Å². The maximum absolute atomic E-state index is 11.4. The van der Waals surface area contributed by atoms with Crippen LogP contribution in [0.25, 0.3) is 0 Å². The van der Waals surface area contributed by atoms with E-state index in [2.05, 4.69) is 4.98 Å². The highest BCUT2D eigenvalue weighted by atomic mass is 16.2. The first-order valence-electron chi connectivity index (χ1n) is 4.38. The summed E-state index contributed by atoms with van der Waals surface area (Å²) in [6.07, 6.45) is 5.13. The first kappa shape index (κ1) is 9.86. The zero-order valence-electron chi connectivity index (χ0n) is 7.44. The Morgan fingerprint density at radius 1 is 1.46 bits per heavy atom. The lowest BCUT2D eigenvalue weighted by atomic mass is 10.1. The summed E-state index contributed by atoms with van der Waals surface area (Å²) in [5.74, 6) is 0.0987. The number of carbonyl (C=O) groups is 1. The van der Waals surface area contributed by atoms with Crippen LogP contribution in [0, 0.1) is 0 Å². The Hall–Kier alpha value is -1.22. The zero-order chi connectivity index (χ0) is 9.52.